The molecule has 2 aromatic heterocycles. The summed E-state index contributed by atoms with van der Waals surface area (Å²) < 4.78 is 13.4. The van der Waals surface area contributed by atoms with Gasteiger partial charge in [0.2, 0.25) is 11.8 Å². The molecule has 0 fully saturated rings. The summed E-state index contributed by atoms with van der Waals surface area (Å²) >= 11 is 1.36. The van der Waals surface area contributed by atoms with Gasteiger partial charge in [0.1, 0.15) is 11.5 Å². The lowest BCUT2D eigenvalue weighted by Crippen LogP contribution is -2.21. The molecule has 0 aliphatic heterocycles. The predicted octanol–water partition coefficient (Wildman–Crippen LogP) is 6.52. The number of para-hydroxylation sites is 2. The lowest BCUT2D eigenvalue weighted by Gasteiger charge is -2.13. The highest BCUT2D eigenvalue weighted by atomic mass is 32.2. The third-order valence-electron chi connectivity index (χ3n) is 5.63. The van der Waals surface area contributed by atoms with Crippen molar-refractivity contribution < 1.29 is 9.15 Å². The molecule has 0 saturated heterocycles. The summed E-state index contributed by atoms with van der Waals surface area (Å²) in [7, 11) is 0. The third kappa shape index (κ3) is 4.87. The average molecular weight is 505 g/mol. The standard InChI is InChI=1S/C29H20N4O3S/c34-28-24-13-7-8-14-25(24)30-29(37-19-26-31-32-27(36-26)20-9-3-1-4-10-20)33(28)21-15-17-23(18-16-21)35-22-11-5-2-6-12-22/h1-18H,19H2. The number of aromatic nitrogens is 4. The van der Waals surface area contributed by atoms with Gasteiger partial charge in [0, 0.05) is 5.56 Å². The maximum absolute atomic E-state index is 13.6. The van der Waals surface area contributed by atoms with Crippen LogP contribution in [0.4, 0.5) is 0 Å². The second-order valence-corrected chi connectivity index (χ2v) is 9.06. The van der Waals surface area contributed by atoms with Crippen LogP contribution in [0.15, 0.2) is 124 Å². The van der Waals surface area contributed by atoms with Crippen LogP contribution in [0.25, 0.3) is 28.0 Å². The smallest absolute Gasteiger partial charge is 0.266 e. The third-order valence-corrected chi connectivity index (χ3v) is 6.55. The second-order valence-electron chi connectivity index (χ2n) is 8.12. The van der Waals surface area contributed by atoms with Crippen LogP contribution in [0.2, 0.25) is 0 Å². The zero-order valence-corrected chi connectivity index (χ0v) is 20.3. The highest BCUT2D eigenvalue weighted by Crippen LogP contribution is 2.27. The highest BCUT2D eigenvalue weighted by Gasteiger charge is 2.16. The van der Waals surface area contributed by atoms with Crippen LogP contribution in [0.1, 0.15) is 5.89 Å². The minimum atomic E-state index is -0.152. The summed E-state index contributed by atoms with van der Waals surface area (Å²) in [5.41, 5.74) is 2.01. The minimum Gasteiger partial charge on any atom is -0.457 e. The van der Waals surface area contributed by atoms with Gasteiger partial charge in [0.15, 0.2) is 5.16 Å². The number of ether oxygens (including phenoxy) is 1. The van der Waals surface area contributed by atoms with E-state index < -0.39 is 0 Å². The van der Waals surface area contributed by atoms with Gasteiger partial charge in [-0.2, -0.15) is 0 Å². The highest BCUT2D eigenvalue weighted by molar-refractivity contribution is 7.98. The fourth-order valence-electron chi connectivity index (χ4n) is 3.86. The molecule has 8 heteroatoms. The lowest BCUT2D eigenvalue weighted by atomic mass is 10.2. The minimum absolute atomic E-state index is 0.152. The Morgan fingerprint density at radius 3 is 2.22 bits per heavy atom. The van der Waals surface area contributed by atoms with Gasteiger partial charge in [-0.1, -0.05) is 60.3 Å². The Bertz CT molecular complexity index is 1720. The molecule has 0 aliphatic rings. The first-order valence-electron chi connectivity index (χ1n) is 11.6. The zero-order chi connectivity index (χ0) is 25.0. The Kier molecular flexibility index (Phi) is 6.22. The normalized spacial score (nSPS) is 11.0. The maximum atomic E-state index is 13.6. The number of thioether (sulfide) groups is 1. The van der Waals surface area contributed by atoms with Crippen molar-refractivity contribution in [1.29, 1.82) is 0 Å². The van der Waals surface area contributed by atoms with Crippen molar-refractivity contribution in [3.05, 3.63) is 125 Å². The van der Waals surface area contributed by atoms with E-state index in [-0.39, 0.29) is 5.56 Å². The van der Waals surface area contributed by atoms with Crippen molar-refractivity contribution >= 4 is 22.7 Å². The Hall–Kier alpha value is -4.69. The number of nitrogens with zero attached hydrogens (tertiary/aromatic N) is 4. The molecule has 0 N–H and O–H groups in total. The van der Waals surface area contributed by atoms with Crippen LogP contribution in [-0.4, -0.2) is 19.7 Å². The van der Waals surface area contributed by atoms with Gasteiger partial charge in [-0.05, 0) is 60.7 Å². The molecule has 0 bridgehead atoms. The summed E-state index contributed by atoms with van der Waals surface area (Å²) in [6, 6.07) is 33.8. The van der Waals surface area contributed by atoms with E-state index in [1.807, 2.05) is 103 Å². The second kappa shape index (κ2) is 10.1. The largest absolute Gasteiger partial charge is 0.457 e. The number of hydrogen-bond donors (Lipinski definition) is 0. The van der Waals surface area contributed by atoms with Gasteiger partial charge in [-0.3, -0.25) is 9.36 Å². The molecule has 180 valence electrons. The first kappa shape index (κ1) is 22.8. The maximum Gasteiger partial charge on any atom is 0.266 e. The Morgan fingerprint density at radius 2 is 1.43 bits per heavy atom. The van der Waals surface area contributed by atoms with E-state index >= 15 is 0 Å². The summed E-state index contributed by atoms with van der Waals surface area (Å²) in [6.45, 7) is 0. The van der Waals surface area contributed by atoms with Crippen LogP contribution in [0.3, 0.4) is 0 Å². The van der Waals surface area contributed by atoms with E-state index in [2.05, 4.69) is 10.2 Å². The molecule has 0 atom stereocenters. The van der Waals surface area contributed by atoms with Gasteiger partial charge in [0.05, 0.1) is 22.3 Å². The number of fused-ring (bicyclic) bond motifs is 1. The van der Waals surface area contributed by atoms with Crippen LogP contribution in [0.5, 0.6) is 11.5 Å². The van der Waals surface area contributed by atoms with Gasteiger partial charge in [0.25, 0.3) is 5.56 Å². The molecule has 0 amide bonds. The molecule has 0 spiro atoms. The number of rotatable bonds is 7. The van der Waals surface area contributed by atoms with E-state index in [9.17, 15) is 4.79 Å². The molecule has 0 radical (unpaired) electrons. The molecular weight excluding hydrogens is 484 g/mol. The molecule has 4 aromatic carbocycles. The monoisotopic (exact) mass is 504 g/mol. The SMILES string of the molecule is O=c1c2ccccc2nc(SCc2nnc(-c3ccccc3)o2)n1-c1ccc(Oc2ccccc2)cc1. The summed E-state index contributed by atoms with van der Waals surface area (Å²) in [6.07, 6.45) is 0. The molecule has 37 heavy (non-hydrogen) atoms. The van der Waals surface area contributed by atoms with Gasteiger partial charge < -0.3 is 9.15 Å². The van der Waals surface area contributed by atoms with Crippen LogP contribution in [0, 0.1) is 0 Å². The van der Waals surface area contributed by atoms with E-state index in [1.165, 1.54) is 11.8 Å². The van der Waals surface area contributed by atoms with Crippen LogP contribution < -0.4 is 10.3 Å². The molecule has 6 rings (SSSR count). The molecular formula is C29H20N4O3S. The van der Waals surface area contributed by atoms with Crippen molar-refractivity contribution in [2.75, 3.05) is 0 Å². The fourth-order valence-corrected chi connectivity index (χ4v) is 4.71. The fraction of sp³-hybridized carbons (Fsp3) is 0.0345. The lowest BCUT2D eigenvalue weighted by molar-refractivity contribution is 0.482. The van der Waals surface area contributed by atoms with Gasteiger partial charge >= 0.3 is 0 Å². The molecule has 0 saturated carbocycles. The topological polar surface area (TPSA) is 83.0 Å². The molecule has 0 unspecified atom stereocenters. The summed E-state index contributed by atoms with van der Waals surface area (Å²) in [5, 5.41) is 9.41. The molecule has 6 aromatic rings. The molecule has 2 heterocycles. The zero-order valence-electron chi connectivity index (χ0n) is 19.5. The van der Waals surface area contributed by atoms with Crippen LogP contribution in [-0.2, 0) is 5.75 Å². The van der Waals surface area contributed by atoms with Gasteiger partial charge in [-0.15, -0.1) is 10.2 Å². The van der Waals surface area contributed by atoms with Crippen molar-refractivity contribution in [2.45, 2.75) is 10.9 Å². The van der Waals surface area contributed by atoms with Gasteiger partial charge in [-0.25, -0.2) is 4.98 Å². The quantitative estimate of drug-likeness (QED) is 0.181. The average Bonchev–Trinajstić information content (AvgIpc) is 3.43. The van der Waals surface area contributed by atoms with Crippen molar-refractivity contribution in [3.8, 4) is 28.6 Å². The van der Waals surface area contributed by atoms with E-state index in [4.69, 9.17) is 14.1 Å². The number of hydrogen-bond acceptors (Lipinski definition) is 7. The van der Waals surface area contributed by atoms with E-state index in [0.29, 0.717) is 45.0 Å². The van der Waals surface area contributed by atoms with E-state index in [0.717, 1.165) is 11.3 Å². The van der Waals surface area contributed by atoms with Crippen molar-refractivity contribution in [1.82, 2.24) is 19.7 Å². The first-order chi connectivity index (χ1) is 18.2. The molecule has 0 aliphatic carbocycles. The van der Waals surface area contributed by atoms with Crippen molar-refractivity contribution in [3.63, 3.8) is 0 Å². The summed E-state index contributed by atoms with van der Waals surface area (Å²) in [5.74, 6) is 2.68. The molecule has 7 nitrogen and oxygen atoms in total. The summed E-state index contributed by atoms with van der Waals surface area (Å²) in [4.78, 5) is 18.3. The van der Waals surface area contributed by atoms with Crippen LogP contribution >= 0.6 is 11.8 Å². The first-order valence-corrected chi connectivity index (χ1v) is 12.6. The Balaban J connectivity index is 1.32. The number of benzene rings is 4. The van der Waals surface area contributed by atoms with Crippen molar-refractivity contribution in [2.24, 2.45) is 0 Å². The predicted molar refractivity (Wildman–Crippen MR) is 143 cm³/mol. The Labute approximate surface area is 216 Å². The van der Waals surface area contributed by atoms with E-state index in [1.54, 1.807) is 10.6 Å². The Morgan fingerprint density at radius 1 is 0.757 bits per heavy atom.